The molecule has 0 saturated carbocycles. The molecule has 0 bridgehead atoms. The number of carbonyl (C=O) groups excluding carboxylic acids is 1. The molecule has 1 atom stereocenters. The summed E-state index contributed by atoms with van der Waals surface area (Å²) < 4.78 is 18.4. The first-order valence-corrected chi connectivity index (χ1v) is 12.6. The molecule has 188 valence electrons. The summed E-state index contributed by atoms with van der Waals surface area (Å²) in [6, 6.07) is 12.7. The predicted molar refractivity (Wildman–Crippen MR) is 140 cm³/mol. The zero-order valence-corrected chi connectivity index (χ0v) is 22.1. The van der Waals surface area contributed by atoms with Crippen LogP contribution in [0.15, 0.2) is 63.5 Å². The largest absolute Gasteiger partial charge is 0.497 e. The lowest BCUT2D eigenvalue weighted by atomic mass is 9.95. The third-order valence-corrected chi connectivity index (χ3v) is 7.14. The Balaban J connectivity index is 1.94. The summed E-state index contributed by atoms with van der Waals surface area (Å²) in [7, 11) is 3.11. The van der Waals surface area contributed by atoms with E-state index in [1.807, 2.05) is 24.3 Å². The predicted octanol–water partition coefficient (Wildman–Crippen LogP) is 3.94. The van der Waals surface area contributed by atoms with Gasteiger partial charge in [-0.15, -0.1) is 0 Å². The van der Waals surface area contributed by atoms with E-state index >= 15 is 0 Å². The number of hydrogen-bond acceptors (Lipinski definition) is 7. The van der Waals surface area contributed by atoms with Crippen molar-refractivity contribution < 1.29 is 19.0 Å². The second kappa shape index (κ2) is 10.5. The highest BCUT2D eigenvalue weighted by Crippen LogP contribution is 2.37. The maximum Gasteiger partial charge on any atom is 0.338 e. The molecule has 1 aliphatic heterocycles. The molecule has 7 nitrogen and oxygen atoms in total. The molecular formula is C28H30N2O5S. The van der Waals surface area contributed by atoms with Gasteiger partial charge in [-0.25, -0.2) is 9.79 Å². The van der Waals surface area contributed by atoms with E-state index in [0.717, 1.165) is 5.56 Å². The SMILES string of the molecule is CCOC(=O)C1=C(C)N=c2s/c(=C\c3ccc(C(C)C)cc3)c(=O)n2C1c1ccc(OC)cc1OC. The molecule has 0 fully saturated rings. The fourth-order valence-corrected chi connectivity index (χ4v) is 5.31. The Hall–Kier alpha value is -3.65. The molecule has 0 spiro atoms. The van der Waals surface area contributed by atoms with Gasteiger partial charge < -0.3 is 14.2 Å². The molecular weight excluding hydrogens is 476 g/mol. The molecule has 2 aromatic carbocycles. The van der Waals surface area contributed by atoms with Crippen LogP contribution in [0, 0.1) is 0 Å². The van der Waals surface area contributed by atoms with Gasteiger partial charge in [0.2, 0.25) is 0 Å². The number of fused-ring (bicyclic) bond motifs is 1. The number of methoxy groups -OCH3 is 2. The Morgan fingerprint density at radius 2 is 1.86 bits per heavy atom. The van der Waals surface area contributed by atoms with Crippen LogP contribution in [0.3, 0.4) is 0 Å². The van der Waals surface area contributed by atoms with Crippen molar-refractivity contribution in [3.8, 4) is 11.5 Å². The third-order valence-electron chi connectivity index (χ3n) is 6.15. The Kier molecular flexibility index (Phi) is 7.45. The molecule has 0 radical (unpaired) electrons. The second-order valence-corrected chi connectivity index (χ2v) is 9.74. The Morgan fingerprint density at radius 1 is 1.14 bits per heavy atom. The van der Waals surface area contributed by atoms with E-state index in [0.29, 0.717) is 43.6 Å². The van der Waals surface area contributed by atoms with Gasteiger partial charge in [-0.3, -0.25) is 9.36 Å². The maximum atomic E-state index is 13.8. The van der Waals surface area contributed by atoms with Crippen molar-refractivity contribution >= 4 is 23.4 Å². The highest BCUT2D eigenvalue weighted by atomic mass is 32.1. The highest BCUT2D eigenvalue weighted by molar-refractivity contribution is 7.07. The van der Waals surface area contributed by atoms with E-state index in [2.05, 4.69) is 31.0 Å². The van der Waals surface area contributed by atoms with Crippen molar-refractivity contribution in [1.82, 2.24) is 4.57 Å². The molecule has 0 amide bonds. The number of esters is 1. The van der Waals surface area contributed by atoms with E-state index in [1.165, 1.54) is 16.9 Å². The van der Waals surface area contributed by atoms with Gasteiger partial charge in [0.15, 0.2) is 4.80 Å². The van der Waals surface area contributed by atoms with Crippen molar-refractivity contribution in [3.05, 3.63) is 90.1 Å². The van der Waals surface area contributed by atoms with Gasteiger partial charge in [-0.1, -0.05) is 49.4 Å². The molecule has 1 unspecified atom stereocenters. The van der Waals surface area contributed by atoms with Gasteiger partial charge in [-0.2, -0.15) is 0 Å². The highest BCUT2D eigenvalue weighted by Gasteiger charge is 2.35. The van der Waals surface area contributed by atoms with E-state index < -0.39 is 12.0 Å². The minimum absolute atomic E-state index is 0.207. The molecule has 8 heteroatoms. The smallest absolute Gasteiger partial charge is 0.338 e. The molecule has 4 rings (SSSR count). The van der Waals surface area contributed by atoms with Gasteiger partial charge in [0, 0.05) is 11.6 Å². The van der Waals surface area contributed by atoms with Gasteiger partial charge in [-0.05, 0) is 49.1 Å². The van der Waals surface area contributed by atoms with Crippen LogP contribution in [-0.4, -0.2) is 31.4 Å². The number of benzene rings is 2. The van der Waals surface area contributed by atoms with Crippen LogP contribution in [0.5, 0.6) is 11.5 Å². The Labute approximate surface area is 214 Å². The first-order chi connectivity index (χ1) is 17.3. The van der Waals surface area contributed by atoms with Crippen LogP contribution in [-0.2, 0) is 9.53 Å². The zero-order chi connectivity index (χ0) is 26.0. The van der Waals surface area contributed by atoms with Gasteiger partial charge >= 0.3 is 5.97 Å². The Bertz CT molecular complexity index is 1500. The minimum Gasteiger partial charge on any atom is -0.497 e. The summed E-state index contributed by atoms with van der Waals surface area (Å²) in [5.74, 6) is 1.01. The van der Waals surface area contributed by atoms with Crippen molar-refractivity contribution in [2.45, 2.75) is 39.7 Å². The number of rotatable bonds is 7. The summed E-state index contributed by atoms with van der Waals surface area (Å²) >= 11 is 1.29. The van der Waals surface area contributed by atoms with Crippen LogP contribution < -0.4 is 24.4 Å². The summed E-state index contributed by atoms with van der Waals surface area (Å²) in [4.78, 5) is 32.0. The Morgan fingerprint density at radius 3 is 2.47 bits per heavy atom. The molecule has 36 heavy (non-hydrogen) atoms. The standard InChI is InChI=1S/C28H30N2O5S/c1-7-35-27(32)24-17(4)29-28-30(25(24)21-13-12-20(33-5)15-22(21)34-6)26(31)23(36-28)14-18-8-10-19(11-9-18)16(2)3/h8-16,25H,7H2,1-6H3/b23-14-. The normalized spacial score (nSPS) is 15.5. The average Bonchev–Trinajstić information content (AvgIpc) is 3.17. The second-order valence-electron chi connectivity index (χ2n) is 8.73. The summed E-state index contributed by atoms with van der Waals surface area (Å²) in [6.45, 7) is 8.00. The van der Waals surface area contributed by atoms with Gasteiger partial charge in [0.1, 0.15) is 17.5 Å². The molecule has 0 aliphatic carbocycles. The van der Waals surface area contributed by atoms with Crippen LogP contribution in [0.2, 0.25) is 0 Å². The average molecular weight is 507 g/mol. The van der Waals surface area contributed by atoms with Crippen LogP contribution in [0.1, 0.15) is 56.3 Å². The van der Waals surface area contributed by atoms with Crippen molar-refractivity contribution in [2.24, 2.45) is 4.99 Å². The molecule has 1 aromatic heterocycles. The summed E-state index contributed by atoms with van der Waals surface area (Å²) in [6.07, 6.45) is 1.86. The number of allylic oxidation sites excluding steroid dienone is 1. The lowest BCUT2D eigenvalue weighted by Gasteiger charge is -2.26. The molecule has 2 heterocycles. The van der Waals surface area contributed by atoms with Crippen LogP contribution in [0.4, 0.5) is 0 Å². The van der Waals surface area contributed by atoms with E-state index in [1.54, 1.807) is 44.8 Å². The van der Waals surface area contributed by atoms with E-state index in [-0.39, 0.29) is 12.2 Å². The van der Waals surface area contributed by atoms with Crippen LogP contribution in [0.25, 0.3) is 6.08 Å². The van der Waals surface area contributed by atoms with Crippen molar-refractivity contribution in [3.63, 3.8) is 0 Å². The van der Waals surface area contributed by atoms with Gasteiger partial charge in [0.05, 0.1) is 36.6 Å². The number of nitrogens with zero attached hydrogens (tertiary/aromatic N) is 2. The topological polar surface area (TPSA) is 79.1 Å². The first-order valence-electron chi connectivity index (χ1n) is 11.8. The number of carbonyl (C=O) groups is 1. The van der Waals surface area contributed by atoms with Gasteiger partial charge in [0.25, 0.3) is 5.56 Å². The lowest BCUT2D eigenvalue weighted by Crippen LogP contribution is -2.40. The monoisotopic (exact) mass is 506 g/mol. The zero-order valence-electron chi connectivity index (χ0n) is 21.3. The molecule has 0 N–H and O–H groups in total. The van der Waals surface area contributed by atoms with Crippen molar-refractivity contribution in [2.75, 3.05) is 20.8 Å². The minimum atomic E-state index is -0.758. The summed E-state index contributed by atoms with van der Waals surface area (Å²) in [5.41, 5.74) is 3.37. The third kappa shape index (κ3) is 4.73. The number of aromatic nitrogens is 1. The molecule has 3 aromatic rings. The quantitative estimate of drug-likeness (QED) is 0.454. The molecule has 0 saturated heterocycles. The van der Waals surface area contributed by atoms with Crippen molar-refractivity contribution in [1.29, 1.82) is 0 Å². The molecule has 1 aliphatic rings. The maximum absolute atomic E-state index is 13.8. The fourth-order valence-electron chi connectivity index (χ4n) is 4.26. The number of thiazole rings is 1. The summed E-state index contributed by atoms with van der Waals surface area (Å²) in [5, 5.41) is 0. The fraction of sp³-hybridized carbons (Fsp3) is 0.321. The lowest BCUT2D eigenvalue weighted by molar-refractivity contribution is -0.139. The number of hydrogen-bond donors (Lipinski definition) is 0. The van der Waals surface area contributed by atoms with E-state index in [4.69, 9.17) is 14.2 Å². The number of ether oxygens (including phenoxy) is 3. The van der Waals surface area contributed by atoms with E-state index in [9.17, 15) is 9.59 Å². The first kappa shape index (κ1) is 25.4. The van der Waals surface area contributed by atoms with Crippen LogP contribution >= 0.6 is 11.3 Å².